The molecule has 24 heavy (non-hydrogen) atoms. The molecule has 0 bridgehead atoms. The summed E-state index contributed by atoms with van der Waals surface area (Å²) in [5, 5.41) is 2.97. The fraction of sp³-hybridized carbons (Fsp3) is 0.0952. The van der Waals surface area contributed by atoms with Crippen LogP contribution in [0, 0.1) is 0 Å². The molecule has 3 heteroatoms. The maximum atomic E-state index is 12.4. The Labute approximate surface area is 145 Å². The highest BCUT2D eigenvalue weighted by Crippen LogP contribution is 2.41. The molecule has 1 heterocycles. The molecular formula is C21H17NOS. The Morgan fingerprint density at radius 3 is 2.50 bits per heavy atom. The lowest BCUT2D eigenvalue weighted by Crippen LogP contribution is -2.15. The first-order chi connectivity index (χ1) is 11.8. The van der Waals surface area contributed by atoms with Gasteiger partial charge in [-0.1, -0.05) is 66.4 Å². The lowest BCUT2D eigenvalue weighted by molar-refractivity contribution is -0.115. The van der Waals surface area contributed by atoms with Gasteiger partial charge < -0.3 is 5.32 Å². The number of benzene rings is 3. The summed E-state index contributed by atoms with van der Waals surface area (Å²) in [4.78, 5) is 14.9. The van der Waals surface area contributed by atoms with Crippen molar-refractivity contribution in [1.29, 1.82) is 0 Å². The Hall–Kier alpha value is -2.52. The van der Waals surface area contributed by atoms with E-state index < -0.39 is 0 Å². The predicted octanol–water partition coefficient (Wildman–Crippen LogP) is 4.92. The number of hydrogen-bond donors (Lipinski definition) is 1. The van der Waals surface area contributed by atoms with Gasteiger partial charge in [-0.25, -0.2) is 0 Å². The minimum atomic E-state index is 0.0223. The van der Waals surface area contributed by atoms with Crippen LogP contribution in [0.2, 0.25) is 0 Å². The number of nitrogens with one attached hydrogen (secondary N) is 1. The van der Waals surface area contributed by atoms with Crippen LogP contribution in [-0.2, 0) is 17.6 Å². The van der Waals surface area contributed by atoms with Crippen LogP contribution in [0.1, 0.15) is 16.7 Å². The molecule has 1 aliphatic heterocycles. The van der Waals surface area contributed by atoms with E-state index in [1.165, 1.54) is 20.9 Å². The number of carbonyl (C=O) groups is 1. The van der Waals surface area contributed by atoms with Gasteiger partial charge in [0, 0.05) is 15.5 Å². The van der Waals surface area contributed by atoms with Crippen molar-refractivity contribution in [3.63, 3.8) is 0 Å². The van der Waals surface area contributed by atoms with Gasteiger partial charge >= 0.3 is 0 Å². The van der Waals surface area contributed by atoms with Crippen LogP contribution >= 0.6 is 11.8 Å². The van der Waals surface area contributed by atoms with Gasteiger partial charge in [0.1, 0.15) is 0 Å². The lowest BCUT2D eigenvalue weighted by Gasteiger charge is -2.21. The molecule has 2 nitrogen and oxygen atoms in total. The van der Waals surface area contributed by atoms with Crippen LogP contribution in [-0.4, -0.2) is 5.91 Å². The van der Waals surface area contributed by atoms with E-state index in [4.69, 9.17) is 0 Å². The second kappa shape index (κ2) is 6.54. The highest BCUT2D eigenvalue weighted by Gasteiger charge is 2.19. The average molecular weight is 331 g/mol. The Kier molecular flexibility index (Phi) is 4.09. The van der Waals surface area contributed by atoms with Gasteiger partial charge in [-0.2, -0.15) is 0 Å². The van der Waals surface area contributed by atoms with Gasteiger partial charge in [0.25, 0.3) is 0 Å². The Morgan fingerprint density at radius 2 is 1.62 bits per heavy atom. The van der Waals surface area contributed by atoms with E-state index in [-0.39, 0.29) is 5.91 Å². The molecule has 0 spiro atoms. The molecule has 4 rings (SSSR count). The Morgan fingerprint density at radius 1 is 0.875 bits per heavy atom. The highest BCUT2D eigenvalue weighted by atomic mass is 32.2. The Balaban J connectivity index is 1.56. The first kappa shape index (κ1) is 15.0. The SMILES string of the molecule is O=C(Cc1cccc2c1Sc1ccccc1C2)Nc1ccccc1. The van der Waals surface area contributed by atoms with Gasteiger partial charge in [0.15, 0.2) is 0 Å². The molecule has 0 atom stereocenters. The molecule has 0 saturated heterocycles. The summed E-state index contributed by atoms with van der Waals surface area (Å²) in [6.07, 6.45) is 1.33. The van der Waals surface area contributed by atoms with Crippen molar-refractivity contribution in [2.75, 3.05) is 5.32 Å². The summed E-state index contributed by atoms with van der Waals surface area (Å²) in [5.74, 6) is 0.0223. The van der Waals surface area contributed by atoms with Crippen molar-refractivity contribution < 1.29 is 4.79 Å². The van der Waals surface area contributed by atoms with Crippen LogP contribution in [0.3, 0.4) is 0 Å². The third kappa shape index (κ3) is 3.08. The van der Waals surface area contributed by atoms with Crippen molar-refractivity contribution in [2.45, 2.75) is 22.6 Å². The van der Waals surface area contributed by atoms with Gasteiger partial charge in [0.05, 0.1) is 6.42 Å². The second-order valence-electron chi connectivity index (χ2n) is 5.88. The lowest BCUT2D eigenvalue weighted by atomic mass is 10.0. The zero-order chi connectivity index (χ0) is 16.4. The summed E-state index contributed by atoms with van der Waals surface area (Å²) in [5.41, 5.74) is 4.61. The van der Waals surface area contributed by atoms with E-state index >= 15 is 0 Å². The zero-order valence-electron chi connectivity index (χ0n) is 13.2. The molecule has 118 valence electrons. The molecule has 0 radical (unpaired) electrons. The van der Waals surface area contributed by atoms with E-state index in [0.717, 1.165) is 17.7 Å². The van der Waals surface area contributed by atoms with Crippen molar-refractivity contribution >= 4 is 23.4 Å². The van der Waals surface area contributed by atoms with E-state index in [2.05, 4.69) is 47.8 Å². The number of amides is 1. The maximum absolute atomic E-state index is 12.4. The molecule has 0 aromatic heterocycles. The molecule has 1 N–H and O–H groups in total. The minimum Gasteiger partial charge on any atom is -0.326 e. The molecule has 1 amide bonds. The third-order valence-electron chi connectivity index (χ3n) is 4.15. The molecule has 1 aliphatic rings. The summed E-state index contributed by atoms with van der Waals surface area (Å²) in [6, 6.07) is 24.4. The predicted molar refractivity (Wildman–Crippen MR) is 98.6 cm³/mol. The van der Waals surface area contributed by atoms with Crippen LogP contribution in [0.5, 0.6) is 0 Å². The molecule has 3 aromatic carbocycles. The summed E-state index contributed by atoms with van der Waals surface area (Å²) in [7, 11) is 0. The summed E-state index contributed by atoms with van der Waals surface area (Å²) in [6.45, 7) is 0. The summed E-state index contributed by atoms with van der Waals surface area (Å²) >= 11 is 1.78. The number of rotatable bonds is 3. The van der Waals surface area contributed by atoms with Crippen molar-refractivity contribution in [1.82, 2.24) is 0 Å². The largest absolute Gasteiger partial charge is 0.326 e. The zero-order valence-corrected chi connectivity index (χ0v) is 14.0. The van der Waals surface area contributed by atoms with Crippen LogP contribution < -0.4 is 5.32 Å². The smallest absolute Gasteiger partial charge is 0.228 e. The molecular weight excluding hydrogens is 314 g/mol. The van der Waals surface area contributed by atoms with Crippen LogP contribution in [0.4, 0.5) is 5.69 Å². The summed E-state index contributed by atoms with van der Waals surface area (Å²) < 4.78 is 0. The number of hydrogen-bond acceptors (Lipinski definition) is 2. The minimum absolute atomic E-state index is 0.0223. The first-order valence-corrected chi connectivity index (χ1v) is 8.83. The van der Waals surface area contributed by atoms with Crippen molar-refractivity contribution in [2.24, 2.45) is 0 Å². The number of fused-ring (bicyclic) bond motifs is 2. The quantitative estimate of drug-likeness (QED) is 0.577. The van der Waals surface area contributed by atoms with Gasteiger partial charge in [0.2, 0.25) is 5.91 Å². The molecule has 3 aromatic rings. The highest BCUT2D eigenvalue weighted by molar-refractivity contribution is 7.99. The second-order valence-corrected chi connectivity index (χ2v) is 6.94. The maximum Gasteiger partial charge on any atom is 0.228 e. The average Bonchev–Trinajstić information content (AvgIpc) is 2.61. The third-order valence-corrected chi connectivity index (χ3v) is 5.50. The number of anilines is 1. The molecule has 0 aliphatic carbocycles. The van der Waals surface area contributed by atoms with E-state index in [1.807, 2.05) is 30.3 Å². The van der Waals surface area contributed by atoms with Crippen molar-refractivity contribution in [3.8, 4) is 0 Å². The Bertz CT molecular complexity index is 889. The standard InChI is InChI=1S/C21H17NOS/c23-20(22-18-10-2-1-3-11-18)14-17-9-6-8-16-13-15-7-4-5-12-19(15)24-21(16)17/h1-12H,13-14H2,(H,22,23). The van der Waals surface area contributed by atoms with Gasteiger partial charge in [-0.05, 0) is 41.3 Å². The monoisotopic (exact) mass is 331 g/mol. The molecule has 0 saturated carbocycles. The van der Waals surface area contributed by atoms with Gasteiger partial charge in [-0.15, -0.1) is 0 Å². The number of para-hydroxylation sites is 1. The topological polar surface area (TPSA) is 29.1 Å². The van der Waals surface area contributed by atoms with Crippen molar-refractivity contribution in [3.05, 3.63) is 89.5 Å². The first-order valence-electron chi connectivity index (χ1n) is 8.01. The van der Waals surface area contributed by atoms with Crippen LogP contribution in [0.15, 0.2) is 82.6 Å². The van der Waals surface area contributed by atoms with E-state index in [0.29, 0.717) is 6.42 Å². The van der Waals surface area contributed by atoms with Crippen LogP contribution in [0.25, 0.3) is 0 Å². The normalized spacial score (nSPS) is 12.2. The van der Waals surface area contributed by atoms with Gasteiger partial charge in [-0.3, -0.25) is 4.79 Å². The number of carbonyl (C=O) groups excluding carboxylic acids is 1. The van der Waals surface area contributed by atoms with E-state index in [1.54, 1.807) is 11.8 Å². The van der Waals surface area contributed by atoms with E-state index in [9.17, 15) is 4.79 Å². The fourth-order valence-electron chi connectivity index (χ4n) is 3.01. The fourth-order valence-corrected chi connectivity index (χ4v) is 4.19. The molecule has 0 unspecified atom stereocenters. The molecule has 0 fully saturated rings.